The summed E-state index contributed by atoms with van der Waals surface area (Å²) in [4.78, 5) is 12.0. The van der Waals surface area contributed by atoms with Crippen molar-refractivity contribution >= 4 is 5.96 Å². The molecule has 8 heteroatoms. The Morgan fingerprint density at radius 1 is 1.23 bits per heavy atom. The number of furan rings is 1. The van der Waals surface area contributed by atoms with Crippen LogP contribution in [0.3, 0.4) is 0 Å². The summed E-state index contributed by atoms with van der Waals surface area (Å²) in [6, 6.07) is 5.02. The number of nitrogens with zero attached hydrogens (tertiary/aromatic N) is 4. The van der Waals surface area contributed by atoms with Crippen LogP contribution in [-0.2, 0) is 6.42 Å². The van der Waals surface area contributed by atoms with Gasteiger partial charge in [0.1, 0.15) is 5.82 Å². The van der Waals surface area contributed by atoms with Gasteiger partial charge in [-0.05, 0) is 44.7 Å². The molecule has 0 atom stereocenters. The van der Waals surface area contributed by atoms with Crippen LogP contribution >= 0.6 is 0 Å². The topological polar surface area (TPSA) is 94.4 Å². The van der Waals surface area contributed by atoms with Gasteiger partial charge in [0.2, 0.25) is 5.82 Å². The lowest BCUT2D eigenvalue weighted by Crippen LogP contribution is -2.51. The monoisotopic (exact) mass is 413 g/mol. The summed E-state index contributed by atoms with van der Waals surface area (Å²) >= 11 is 0. The molecule has 3 heterocycles. The number of piperidine rings is 1. The van der Waals surface area contributed by atoms with E-state index in [9.17, 15) is 0 Å². The number of H-pyrrole nitrogens is 1. The van der Waals surface area contributed by atoms with Crippen LogP contribution in [-0.4, -0.2) is 64.3 Å². The normalized spacial score (nSPS) is 19.8. The summed E-state index contributed by atoms with van der Waals surface area (Å²) in [5.74, 6) is 2.99. The fourth-order valence-corrected chi connectivity index (χ4v) is 4.57. The number of nitrogens with one attached hydrogen (secondary N) is 3. The Kier molecular flexibility index (Phi) is 7.39. The molecule has 0 spiro atoms. The molecule has 0 radical (unpaired) electrons. The van der Waals surface area contributed by atoms with Crippen molar-refractivity contribution in [1.82, 2.24) is 30.7 Å². The molecule has 4 rings (SSSR count). The molecule has 1 saturated heterocycles. The number of hydrogen-bond donors (Lipinski definition) is 3. The van der Waals surface area contributed by atoms with Gasteiger partial charge in [-0.3, -0.25) is 10.1 Å². The third kappa shape index (κ3) is 5.62. The maximum Gasteiger partial charge on any atom is 0.216 e. The molecule has 0 bridgehead atoms. The van der Waals surface area contributed by atoms with E-state index in [0.29, 0.717) is 30.6 Å². The van der Waals surface area contributed by atoms with E-state index in [1.54, 1.807) is 6.26 Å². The summed E-state index contributed by atoms with van der Waals surface area (Å²) in [5, 5.41) is 14.2. The number of rotatable bonds is 7. The highest BCUT2D eigenvalue weighted by molar-refractivity contribution is 5.80. The van der Waals surface area contributed by atoms with Crippen LogP contribution in [0.25, 0.3) is 11.6 Å². The van der Waals surface area contributed by atoms with Crippen molar-refractivity contribution in [3.8, 4) is 11.6 Å². The van der Waals surface area contributed by atoms with E-state index in [4.69, 9.17) is 9.41 Å². The lowest BCUT2D eigenvalue weighted by atomic mass is 9.92. The number of aliphatic imine (C=N–C) groups is 1. The van der Waals surface area contributed by atoms with Gasteiger partial charge in [0.25, 0.3) is 0 Å². The summed E-state index contributed by atoms with van der Waals surface area (Å²) in [5.41, 5.74) is 0. The molecule has 2 fully saturated rings. The molecular formula is C22H35N7O. The molecule has 2 aromatic rings. The molecular weight excluding hydrogens is 378 g/mol. The zero-order chi connectivity index (χ0) is 20.6. The molecule has 2 aromatic heterocycles. The predicted octanol–water partition coefficient (Wildman–Crippen LogP) is 2.96. The second-order valence-electron chi connectivity index (χ2n) is 8.34. The first-order valence-electron chi connectivity index (χ1n) is 11.6. The van der Waals surface area contributed by atoms with E-state index >= 15 is 0 Å². The van der Waals surface area contributed by atoms with E-state index in [1.807, 2.05) is 12.1 Å². The molecule has 0 amide bonds. The highest BCUT2D eigenvalue weighted by Crippen LogP contribution is 2.25. The van der Waals surface area contributed by atoms with Gasteiger partial charge in [0, 0.05) is 44.7 Å². The zero-order valence-corrected chi connectivity index (χ0v) is 18.1. The molecule has 164 valence electrons. The average molecular weight is 414 g/mol. The predicted molar refractivity (Wildman–Crippen MR) is 118 cm³/mol. The van der Waals surface area contributed by atoms with Crippen molar-refractivity contribution < 1.29 is 4.42 Å². The van der Waals surface area contributed by atoms with Crippen molar-refractivity contribution in [2.75, 3.05) is 26.2 Å². The smallest absolute Gasteiger partial charge is 0.216 e. The van der Waals surface area contributed by atoms with Gasteiger partial charge in [-0.25, -0.2) is 4.98 Å². The third-order valence-electron chi connectivity index (χ3n) is 6.20. The van der Waals surface area contributed by atoms with Crippen molar-refractivity contribution in [3.05, 3.63) is 24.2 Å². The lowest BCUT2D eigenvalue weighted by molar-refractivity contribution is 0.119. The highest BCUT2D eigenvalue weighted by atomic mass is 16.3. The van der Waals surface area contributed by atoms with E-state index in [1.165, 1.54) is 58.0 Å². The molecule has 8 nitrogen and oxygen atoms in total. The van der Waals surface area contributed by atoms with Gasteiger partial charge in [-0.2, -0.15) is 5.10 Å². The van der Waals surface area contributed by atoms with E-state index in [0.717, 1.165) is 24.4 Å². The summed E-state index contributed by atoms with van der Waals surface area (Å²) in [7, 11) is 0. The second-order valence-corrected chi connectivity index (χ2v) is 8.34. The minimum absolute atomic E-state index is 0.499. The summed E-state index contributed by atoms with van der Waals surface area (Å²) in [6.07, 6.45) is 11.8. The van der Waals surface area contributed by atoms with Crippen molar-refractivity contribution in [2.45, 2.75) is 70.4 Å². The molecule has 2 aliphatic rings. The first kappa shape index (κ1) is 20.9. The minimum Gasteiger partial charge on any atom is -0.461 e. The number of aromatic amines is 1. The second kappa shape index (κ2) is 10.6. The van der Waals surface area contributed by atoms with Crippen LogP contribution in [0.2, 0.25) is 0 Å². The fourth-order valence-electron chi connectivity index (χ4n) is 4.57. The third-order valence-corrected chi connectivity index (χ3v) is 6.20. The fraction of sp³-hybridized carbons (Fsp3) is 0.682. The van der Waals surface area contributed by atoms with Gasteiger partial charge >= 0.3 is 0 Å². The standard InChI is InChI=1S/C22H35N7O/c1-2-23-22(24-13-10-20-26-21(28-27-20)19-9-6-16-30-19)25-17-11-14-29(15-12-17)18-7-4-3-5-8-18/h6,9,16-18H,2-5,7-8,10-15H2,1H3,(H2,23,24,25)(H,26,27,28). The van der Waals surface area contributed by atoms with E-state index < -0.39 is 0 Å². The number of likely N-dealkylation sites (tertiary alicyclic amines) is 1. The van der Waals surface area contributed by atoms with Gasteiger partial charge in [-0.15, -0.1) is 0 Å². The first-order valence-corrected chi connectivity index (χ1v) is 11.6. The SMILES string of the molecule is CCNC(=NCCc1nc(-c2ccco2)n[nH]1)NC1CCN(C2CCCCC2)CC1. The Balaban J connectivity index is 1.24. The van der Waals surface area contributed by atoms with Crippen LogP contribution in [0.1, 0.15) is 57.7 Å². The maximum atomic E-state index is 5.34. The molecule has 30 heavy (non-hydrogen) atoms. The molecule has 0 aromatic carbocycles. The van der Waals surface area contributed by atoms with Crippen LogP contribution in [0.5, 0.6) is 0 Å². The average Bonchev–Trinajstić information content (AvgIpc) is 3.47. The number of guanidine groups is 1. The molecule has 1 saturated carbocycles. The van der Waals surface area contributed by atoms with E-state index in [2.05, 4.69) is 37.6 Å². The van der Waals surface area contributed by atoms with Gasteiger partial charge in [0.05, 0.1) is 6.26 Å². The highest BCUT2D eigenvalue weighted by Gasteiger charge is 2.26. The Morgan fingerprint density at radius 2 is 2.07 bits per heavy atom. The van der Waals surface area contributed by atoms with Crippen molar-refractivity contribution in [2.24, 2.45) is 4.99 Å². The van der Waals surface area contributed by atoms with Crippen molar-refractivity contribution in [1.29, 1.82) is 0 Å². The van der Waals surface area contributed by atoms with Crippen LogP contribution in [0, 0.1) is 0 Å². The quantitative estimate of drug-likeness (QED) is 0.477. The molecule has 3 N–H and O–H groups in total. The van der Waals surface area contributed by atoms with Crippen LogP contribution in [0.4, 0.5) is 0 Å². The molecule has 1 aliphatic carbocycles. The van der Waals surface area contributed by atoms with Crippen LogP contribution in [0.15, 0.2) is 27.8 Å². The van der Waals surface area contributed by atoms with E-state index in [-0.39, 0.29) is 0 Å². The Morgan fingerprint density at radius 3 is 2.80 bits per heavy atom. The summed E-state index contributed by atoms with van der Waals surface area (Å²) < 4.78 is 5.34. The van der Waals surface area contributed by atoms with Crippen molar-refractivity contribution in [3.63, 3.8) is 0 Å². The molecule has 1 aliphatic heterocycles. The first-order chi connectivity index (χ1) is 14.8. The maximum absolute atomic E-state index is 5.34. The van der Waals surface area contributed by atoms with Crippen LogP contribution < -0.4 is 10.6 Å². The zero-order valence-electron chi connectivity index (χ0n) is 18.1. The number of hydrogen-bond acceptors (Lipinski definition) is 5. The largest absolute Gasteiger partial charge is 0.461 e. The Bertz CT molecular complexity index is 771. The molecule has 0 unspecified atom stereocenters. The number of aromatic nitrogens is 3. The van der Waals surface area contributed by atoms with Gasteiger partial charge in [0.15, 0.2) is 11.7 Å². The Hall–Kier alpha value is -2.35. The lowest BCUT2D eigenvalue weighted by Gasteiger charge is -2.39. The van der Waals surface area contributed by atoms with Gasteiger partial charge in [-0.1, -0.05) is 19.3 Å². The summed E-state index contributed by atoms with van der Waals surface area (Å²) in [6.45, 7) is 6.03. The van der Waals surface area contributed by atoms with Gasteiger partial charge < -0.3 is 20.0 Å². The minimum atomic E-state index is 0.499. The Labute approximate surface area is 178 Å².